The predicted molar refractivity (Wildman–Crippen MR) is 62.6 cm³/mol. The molecule has 0 fully saturated rings. The van der Waals surface area contributed by atoms with Gasteiger partial charge in [0.15, 0.2) is 5.69 Å². The Morgan fingerprint density at radius 1 is 1.53 bits per heavy atom. The van der Waals surface area contributed by atoms with E-state index in [1.165, 1.54) is 18.2 Å². The molecule has 0 bridgehead atoms. The Hall–Kier alpha value is -2.68. The van der Waals surface area contributed by atoms with E-state index in [0.29, 0.717) is 0 Å². The predicted octanol–water partition coefficient (Wildman–Crippen LogP) is 2.53. The van der Waals surface area contributed by atoms with Gasteiger partial charge >= 0.3 is 5.97 Å². The van der Waals surface area contributed by atoms with Crippen molar-refractivity contribution in [2.24, 2.45) is 0 Å². The summed E-state index contributed by atoms with van der Waals surface area (Å²) in [5, 5.41) is 8.89. The van der Waals surface area contributed by atoms with E-state index in [2.05, 4.69) is 4.98 Å². The van der Waals surface area contributed by atoms with Crippen LogP contribution in [0.5, 0.6) is 0 Å². The van der Waals surface area contributed by atoms with Gasteiger partial charge < -0.3 is 9.15 Å². The summed E-state index contributed by atoms with van der Waals surface area (Å²) >= 11 is 0. The van der Waals surface area contributed by atoms with E-state index in [-0.39, 0.29) is 29.5 Å². The number of rotatable bonds is 3. The third-order valence-electron chi connectivity index (χ3n) is 2.30. The van der Waals surface area contributed by atoms with Crippen LogP contribution in [-0.4, -0.2) is 17.6 Å². The van der Waals surface area contributed by atoms with Crippen LogP contribution in [0, 0.1) is 17.1 Å². The van der Waals surface area contributed by atoms with E-state index in [1.54, 1.807) is 19.1 Å². The number of oxazole rings is 1. The zero-order chi connectivity index (χ0) is 13.8. The fourth-order valence-electron chi connectivity index (χ4n) is 1.48. The van der Waals surface area contributed by atoms with Gasteiger partial charge in [0.05, 0.1) is 12.2 Å². The topological polar surface area (TPSA) is 76.1 Å². The fourth-order valence-corrected chi connectivity index (χ4v) is 1.48. The molecule has 0 amide bonds. The van der Waals surface area contributed by atoms with Crippen LogP contribution in [0.1, 0.15) is 23.2 Å². The summed E-state index contributed by atoms with van der Waals surface area (Å²) in [5.74, 6) is -1.79. The van der Waals surface area contributed by atoms with Crippen LogP contribution in [0.4, 0.5) is 4.39 Å². The molecule has 2 rings (SSSR count). The summed E-state index contributed by atoms with van der Waals surface area (Å²) in [6.07, 6.45) is 0. The minimum Gasteiger partial charge on any atom is -0.460 e. The molecule has 1 aromatic carbocycles. The van der Waals surface area contributed by atoms with E-state index in [9.17, 15) is 9.18 Å². The molecule has 1 aromatic heterocycles. The first-order chi connectivity index (χ1) is 9.17. The van der Waals surface area contributed by atoms with Crippen molar-refractivity contribution in [3.63, 3.8) is 0 Å². The van der Waals surface area contributed by atoms with Crippen molar-refractivity contribution >= 4 is 5.97 Å². The number of aromatic nitrogens is 1. The Labute approximate surface area is 108 Å². The van der Waals surface area contributed by atoms with Gasteiger partial charge in [0.25, 0.3) is 5.76 Å². The lowest BCUT2D eigenvalue weighted by Crippen LogP contribution is -2.05. The molecule has 0 spiro atoms. The summed E-state index contributed by atoms with van der Waals surface area (Å²) in [6.45, 7) is 1.76. The van der Waals surface area contributed by atoms with Gasteiger partial charge in [0.2, 0.25) is 5.89 Å². The molecule has 0 saturated carbocycles. The van der Waals surface area contributed by atoms with Gasteiger partial charge in [-0.3, -0.25) is 0 Å². The fraction of sp³-hybridized carbons (Fsp3) is 0.154. The summed E-state index contributed by atoms with van der Waals surface area (Å²) in [4.78, 5) is 15.3. The highest BCUT2D eigenvalue weighted by Crippen LogP contribution is 2.24. The number of hydrogen-bond acceptors (Lipinski definition) is 5. The highest BCUT2D eigenvalue weighted by atomic mass is 19.1. The Morgan fingerprint density at radius 2 is 2.26 bits per heavy atom. The Bertz CT molecular complexity index is 658. The average molecular weight is 260 g/mol. The molecule has 0 aliphatic carbocycles. The first kappa shape index (κ1) is 12.8. The molecule has 0 N–H and O–H groups in total. The lowest BCUT2D eigenvalue weighted by atomic mass is 10.2. The molecular formula is C13H9FN2O3. The van der Waals surface area contributed by atoms with Crippen LogP contribution in [0.15, 0.2) is 28.7 Å². The Balaban J connectivity index is 2.48. The number of nitrogens with zero attached hydrogens (tertiary/aromatic N) is 2. The molecule has 0 aliphatic rings. The molecule has 5 nitrogen and oxygen atoms in total. The largest absolute Gasteiger partial charge is 0.460 e. The van der Waals surface area contributed by atoms with Gasteiger partial charge in [-0.25, -0.2) is 9.18 Å². The average Bonchev–Trinajstić information content (AvgIpc) is 2.83. The SMILES string of the molecule is CCOC(=O)c1oc(-c2ccccc2F)nc1C#N. The molecule has 0 atom stereocenters. The highest BCUT2D eigenvalue weighted by Gasteiger charge is 2.23. The second-order valence-corrected chi connectivity index (χ2v) is 3.51. The maximum atomic E-state index is 13.6. The maximum Gasteiger partial charge on any atom is 0.377 e. The third-order valence-corrected chi connectivity index (χ3v) is 2.30. The molecule has 0 unspecified atom stereocenters. The van der Waals surface area contributed by atoms with Gasteiger partial charge in [-0.05, 0) is 19.1 Å². The first-order valence-corrected chi connectivity index (χ1v) is 5.50. The Morgan fingerprint density at radius 3 is 2.89 bits per heavy atom. The number of ether oxygens (including phenoxy) is 1. The number of carbonyl (C=O) groups excluding carboxylic acids is 1. The van der Waals surface area contributed by atoms with Crippen LogP contribution in [0.3, 0.4) is 0 Å². The number of benzene rings is 1. The van der Waals surface area contributed by atoms with E-state index >= 15 is 0 Å². The highest BCUT2D eigenvalue weighted by molar-refractivity contribution is 5.89. The second kappa shape index (κ2) is 5.31. The molecule has 0 saturated heterocycles. The van der Waals surface area contributed by atoms with Crippen molar-refractivity contribution in [2.75, 3.05) is 6.61 Å². The second-order valence-electron chi connectivity index (χ2n) is 3.51. The van der Waals surface area contributed by atoms with Crippen molar-refractivity contribution in [3.05, 3.63) is 41.5 Å². The van der Waals surface area contributed by atoms with Crippen LogP contribution in [0.25, 0.3) is 11.5 Å². The monoisotopic (exact) mass is 260 g/mol. The lowest BCUT2D eigenvalue weighted by Gasteiger charge is -1.98. The summed E-state index contributed by atoms with van der Waals surface area (Å²) in [6, 6.07) is 7.50. The number of hydrogen-bond donors (Lipinski definition) is 0. The molecule has 96 valence electrons. The van der Waals surface area contributed by atoms with Gasteiger partial charge in [0.1, 0.15) is 11.9 Å². The molecule has 1 heterocycles. The number of nitriles is 1. The van der Waals surface area contributed by atoms with Crippen LogP contribution in [-0.2, 0) is 4.74 Å². The van der Waals surface area contributed by atoms with Crippen LogP contribution in [0.2, 0.25) is 0 Å². The summed E-state index contributed by atoms with van der Waals surface area (Å²) in [7, 11) is 0. The number of esters is 1. The zero-order valence-electron chi connectivity index (χ0n) is 10.0. The standard InChI is InChI=1S/C13H9FN2O3/c1-2-18-13(17)11-10(7-15)16-12(19-11)8-5-3-4-6-9(8)14/h3-6H,2H2,1H3. The van der Waals surface area contributed by atoms with Gasteiger partial charge in [-0.15, -0.1) is 0 Å². The Kier molecular flexibility index (Phi) is 3.57. The van der Waals surface area contributed by atoms with Gasteiger partial charge in [-0.1, -0.05) is 12.1 Å². The van der Waals surface area contributed by atoms with E-state index in [1.807, 2.05) is 0 Å². The molecule has 6 heteroatoms. The summed E-state index contributed by atoms with van der Waals surface area (Å²) in [5.41, 5.74) is -0.147. The third kappa shape index (κ3) is 2.45. The van der Waals surface area contributed by atoms with Crippen molar-refractivity contribution < 1.29 is 18.3 Å². The van der Waals surface area contributed by atoms with E-state index < -0.39 is 11.8 Å². The molecule has 19 heavy (non-hydrogen) atoms. The summed E-state index contributed by atoms with van der Waals surface area (Å²) < 4.78 is 23.4. The van der Waals surface area contributed by atoms with E-state index in [0.717, 1.165) is 0 Å². The molecule has 0 radical (unpaired) electrons. The van der Waals surface area contributed by atoms with E-state index in [4.69, 9.17) is 14.4 Å². The first-order valence-electron chi connectivity index (χ1n) is 5.50. The van der Waals surface area contributed by atoms with Crippen molar-refractivity contribution in [3.8, 4) is 17.5 Å². The normalized spacial score (nSPS) is 9.95. The van der Waals surface area contributed by atoms with Gasteiger partial charge in [0, 0.05) is 0 Å². The smallest absolute Gasteiger partial charge is 0.377 e. The minimum absolute atomic E-state index is 0.0783. The quantitative estimate of drug-likeness (QED) is 0.792. The van der Waals surface area contributed by atoms with Crippen molar-refractivity contribution in [1.82, 2.24) is 4.98 Å². The van der Waals surface area contributed by atoms with Gasteiger partial charge in [-0.2, -0.15) is 10.2 Å². The number of halogens is 1. The van der Waals surface area contributed by atoms with Crippen LogP contribution < -0.4 is 0 Å². The molecular weight excluding hydrogens is 251 g/mol. The van der Waals surface area contributed by atoms with Crippen LogP contribution >= 0.6 is 0 Å². The van der Waals surface area contributed by atoms with Crippen molar-refractivity contribution in [1.29, 1.82) is 5.26 Å². The molecule has 2 aromatic rings. The van der Waals surface area contributed by atoms with Crippen molar-refractivity contribution in [2.45, 2.75) is 6.92 Å². The minimum atomic E-state index is -0.797. The number of carbonyl (C=O) groups is 1. The maximum absolute atomic E-state index is 13.6. The molecule has 0 aliphatic heterocycles. The lowest BCUT2D eigenvalue weighted by molar-refractivity contribution is 0.0490. The zero-order valence-corrected chi connectivity index (χ0v) is 10.0.